The Bertz CT molecular complexity index is 8.00. The molecule has 0 aromatic rings. The third kappa shape index (κ3) is 11.3. The van der Waals surface area contributed by atoms with Gasteiger partial charge in [0.1, 0.15) is 6.79 Å². The molecule has 0 rings (SSSR count). The fourth-order valence-electron chi connectivity index (χ4n) is 0. The van der Waals surface area contributed by atoms with E-state index in [0.29, 0.717) is 0 Å². The Morgan fingerprint density at radius 2 is 1.25 bits per heavy atom. The fraction of sp³-hybridized carbons (Fsp3) is 0. The molecule has 0 fully saturated rings. The topological polar surface area (TPSA) is 17.1 Å². The van der Waals surface area contributed by atoms with E-state index in [-0.39, 0.29) is 43.4 Å². The van der Waals surface area contributed by atoms with Gasteiger partial charge in [-0.3, -0.25) is 0 Å². The first-order chi connectivity index (χ1) is 1.00. The van der Waals surface area contributed by atoms with Gasteiger partial charge in [0.15, 0.2) is 0 Å². The van der Waals surface area contributed by atoms with Crippen LogP contribution in [0.2, 0.25) is 0 Å². The molecule has 4 heavy (non-hydrogen) atoms. The van der Waals surface area contributed by atoms with E-state index in [1.807, 2.05) is 6.79 Å². The third-order valence-electron chi connectivity index (χ3n) is 0. The van der Waals surface area contributed by atoms with Crippen LogP contribution >= 0.6 is 0 Å². The molecule has 0 bridgehead atoms. The molecule has 0 aliphatic rings. The SMILES string of the molecule is C=O.[Mo].[Nb]. The van der Waals surface area contributed by atoms with Crippen molar-refractivity contribution in [3.8, 4) is 0 Å². The summed E-state index contributed by atoms with van der Waals surface area (Å²) in [4.78, 5) is 8.00. The minimum absolute atomic E-state index is 0. The zero-order valence-electron chi connectivity index (χ0n) is 1.97. The van der Waals surface area contributed by atoms with Gasteiger partial charge in [0, 0.05) is 43.4 Å². The first-order valence-corrected chi connectivity index (χ1v) is 0.289. The summed E-state index contributed by atoms with van der Waals surface area (Å²) in [7, 11) is 0. The van der Waals surface area contributed by atoms with Gasteiger partial charge in [-0.1, -0.05) is 0 Å². The quantitative estimate of drug-likeness (QED) is 0.516. The van der Waals surface area contributed by atoms with Crippen molar-refractivity contribution in [2.45, 2.75) is 0 Å². The summed E-state index contributed by atoms with van der Waals surface area (Å²) in [6.07, 6.45) is 0. The summed E-state index contributed by atoms with van der Waals surface area (Å²) in [6.45, 7) is 2.00. The van der Waals surface area contributed by atoms with Crippen molar-refractivity contribution >= 4 is 6.79 Å². The summed E-state index contributed by atoms with van der Waals surface area (Å²) in [5.41, 5.74) is 0. The Balaban J connectivity index is -0.00000000500. The first-order valence-electron chi connectivity index (χ1n) is 0.289. The fourth-order valence-corrected chi connectivity index (χ4v) is 0. The summed E-state index contributed by atoms with van der Waals surface area (Å²) in [5, 5.41) is 0. The van der Waals surface area contributed by atoms with Crippen molar-refractivity contribution in [1.82, 2.24) is 0 Å². The van der Waals surface area contributed by atoms with E-state index in [1.54, 1.807) is 0 Å². The summed E-state index contributed by atoms with van der Waals surface area (Å²) in [6, 6.07) is 0. The standard InChI is InChI=1S/CH2O.Mo.Nb/c1-2;;/h1H2;;. The van der Waals surface area contributed by atoms with E-state index in [0.717, 1.165) is 0 Å². The van der Waals surface area contributed by atoms with Gasteiger partial charge < -0.3 is 4.79 Å². The van der Waals surface area contributed by atoms with Crippen LogP contribution in [0.25, 0.3) is 0 Å². The molecule has 1 nitrogen and oxygen atoms in total. The maximum atomic E-state index is 8.00. The first kappa shape index (κ1) is 19.4. The summed E-state index contributed by atoms with van der Waals surface area (Å²) in [5.74, 6) is 0. The van der Waals surface area contributed by atoms with Crippen LogP contribution < -0.4 is 0 Å². The molecular weight excluding hydrogens is 217 g/mol. The van der Waals surface area contributed by atoms with Crippen molar-refractivity contribution in [2.24, 2.45) is 0 Å². The molecule has 0 aromatic heterocycles. The van der Waals surface area contributed by atoms with Crippen LogP contribution in [0.5, 0.6) is 0 Å². The van der Waals surface area contributed by atoms with E-state index in [9.17, 15) is 0 Å². The zero-order chi connectivity index (χ0) is 2.00. The molecule has 1 radical (unpaired) electrons. The Hall–Kier alpha value is 1.10. The predicted molar refractivity (Wildman–Crippen MR) is 7.12 cm³/mol. The van der Waals surface area contributed by atoms with E-state index >= 15 is 0 Å². The van der Waals surface area contributed by atoms with Crippen LogP contribution in [0, 0.1) is 0 Å². The molecule has 23 valence electrons. The van der Waals surface area contributed by atoms with Crippen LogP contribution in [0.4, 0.5) is 0 Å². The molecule has 0 saturated heterocycles. The molecule has 0 atom stereocenters. The average molecular weight is 219 g/mol. The molecule has 0 spiro atoms. The van der Waals surface area contributed by atoms with Crippen LogP contribution in [0.3, 0.4) is 0 Å². The maximum absolute atomic E-state index is 8.00. The van der Waals surface area contributed by atoms with E-state index in [4.69, 9.17) is 4.79 Å². The van der Waals surface area contributed by atoms with Crippen molar-refractivity contribution in [1.29, 1.82) is 0 Å². The van der Waals surface area contributed by atoms with Crippen LogP contribution in [-0.4, -0.2) is 6.79 Å². The van der Waals surface area contributed by atoms with Gasteiger partial charge in [0.05, 0.1) is 0 Å². The second-order valence-electron chi connectivity index (χ2n) is 0. The molecule has 0 N–H and O–H groups in total. The van der Waals surface area contributed by atoms with E-state index in [2.05, 4.69) is 0 Å². The third-order valence-corrected chi connectivity index (χ3v) is 0. The summed E-state index contributed by atoms with van der Waals surface area (Å²) >= 11 is 0. The molecule has 0 heterocycles. The van der Waals surface area contributed by atoms with Crippen molar-refractivity contribution in [2.75, 3.05) is 0 Å². The number of rotatable bonds is 0. The maximum Gasteiger partial charge on any atom is 0.106 e. The molecule has 0 unspecified atom stereocenters. The number of hydrogen-bond donors (Lipinski definition) is 0. The number of carbonyl (C=O) groups is 1. The molecule has 0 aromatic carbocycles. The Labute approximate surface area is 54.9 Å². The van der Waals surface area contributed by atoms with Crippen molar-refractivity contribution < 1.29 is 48.2 Å². The van der Waals surface area contributed by atoms with Gasteiger partial charge in [0.2, 0.25) is 0 Å². The molecule has 0 amide bonds. The largest absolute Gasteiger partial charge is 0.307 e. The van der Waals surface area contributed by atoms with Gasteiger partial charge in [-0.25, -0.2) is 0 Å². The Morgan fingerprint density at radius 1 is 1.25 bits per heavy atom. The van der Waals surface area contributed by atoms with Gasteiger partial charge in [0.25, 0.3) is 0 Å². The Kier molecular flexibility index (Phi) is 159. The second-order valence-corrected chi connectivity index (χ2v) is 0. The molecule has 0 aliphatic carbocycles. The second kappa shape index (κ2) is 32.6. The minimum Gasteiger partial charge on any atom is -0.307 e. The normalized spacial score (nSPS) is 1.00. The average Bonchev–Trinajstić information content (AvgIpc) is 1.00. The van der Waals surface area contributed by atoms with Gasteiger partial charge in [-0.05, 0) is 0 Å². The van der Waals surface area contributed by atoms with Gasteiger partial charge >= 0.3 is 0 Å². The molecule has 3 heteroatoms. The molecular formula is CH2MoNbO. The van der Waals surface area contributed by atoms with Crippen molar-refractivity contribution in [3.63, 3.8) is 0 Å². The smallest absolute Gasteiger partial charge is 0.106 e. The predicted octanol–water partition coefficient (Wildman–Crippen LogP) is -0.190. The van der Waals surface area contributed by atoms with Gasteiger partial charge in [-0.15, -0.1) is 0 Å². The molecule has 0 aliphatic heterocycles. The van der Waals surface area contributed by atoms with Crippen LogP contribution in [0.15, 0.2) is 0 Å². The van der Waals surface area contributed by atoms with E-state index in [1.165, 1.54) is 0 Å². The number of hydrogen-bond acceptors (Lipinski definition) is 1. The van der Waals surface area contributed by atoms with Gasteiger partial charge in [-0.2, -0.15) is 0 Å². The van der Waals surface area contributed by atoms with E-state index < -0.39 is 0 Å². The number of carbonyl (C=O) groups excluding carboxylic acids is 1. The Morgan fingerprint density at radius 3 is 1.25 bits per heavy atom. The van der Waals surface area contributed by atoms with Crippen LogP contribution in [0.1, 0.15) is 0 Å². The van der Waals surface area contributed by atoms with Crippen LogP contribution in [-0.2, 0) is 48.2 Å². The minimum atomic E-state index is 0. The molecule has 0 saturated carbocycles. The van der Waals surface area contributed by atoms with Crippen molar-refractivity contribution in [3.05, 3.63) is 0 Å². The monoisotopic (exact) mass is 221 g/mol. The summed E-state index contributed by atoms with van der Waals surface area (Å²) < 4.78 is 0. The zero-order valence-corrected chi connectivity index (χ0v) is 6.18.